The Hall–Kier alpha value is -0.530. The highest BCUT2D eigenvalue weighted by atomic mass is 16.5. The van der Waals surface area contributed by atoms with Crippen molar-refractivity contribution >= 4 is 5.97 Å². The van der Waals surface area contributed by atoms with Crippen molar-refractivity contribution in [2.75, 3.05) is 0 Å². The van der Waals surface area contributed by atoms with Crippen LogP contribution in [0, 0.1) is 18.3 Å². The highest BCUT2D eigenvalue weighted by Crippen LogP contribution is 2.12. The Morgan fingerprint density at radius 1 is 1.25 bits per heavy atom. The number of carbonyl (C=O) groups is 1. The van der Waals surface area contributed by atoms with Gasteiger partial charge in [-0.05, 0) is 19.3 Å². The summed E-state index contributed by atoms with van der Waals surface area (Å²) in [6.45, 7) is 9.69. The molecule has 0 heterocycles. The maximum Gasteiger partial charge on any atom is 0.309 e. The Balaban J connectivity index is 3.87. The second-order valence-electron chi connectivity index (χ2n) is 3.51. The zero-order valence-electron chi connectivity index (χ0n) is 8.63. The molecule has 12 heavy (non-hydrogen) atoms. The van der Waals surface area contributed by atoms with E-state index in [1.165, 1.54) is 0 Å². The van der Waals surface area contributed by atoms with Gasteiger partial charge in [0.25, 0.3) is 0 Å². The van der Waals surface area contributed by atoms with Crippen LogP contribution in [0.25, 0.3) is 0 Å². The molecule has 0 aromatic carbocycles. The van der Waals surface area contributed by atoms with Gasteiger partial charge in [-0.15, -0.1) is 0 Å². The van der Waals surface area contributed by atoms with Crippen LogP contribution in [-0.2, 0) is 9.53 Å². The molecule has 0 spiro atoms. The predicted molar refractivity (Wildman–Crippen MR) is 49.5 cm³/mol. The van der Waals surface area contributed by atoms with Crippen LogP contribution in [0.3, 0.4) is 0 Å². The van der Waals surface area contributed by atoms with E-state index in [4.69, 9.17) is 4.74 Å². The summed E-state index contributed by atoms with van der Waals surface area (Å²) < 4.78 is 5.13. The maximum atomic E-state index is 11.3. The van der Waals surface area contributed by atoms with Gasteiger partial charge in [-0.2, -0.15) is 0 Å². The first-order chi connectivity index (χ1) is 5.49. The molecule has 0 bridgehead atoms. The van der Waals surface area contributed by atoms with Gasteiger partial charge in [-0.3, -0.25) is 4.79 Å². The van der Waals surface area contributed by atoms with Gasteiger partial charge < -0.3 is 4.74 Å². The van der Waals surface area contributed by atoms with E-state index in [0.717, 1.165) is 0 Å². The number of rotatable bonds is 4. The minimum atomic E-state index is -0.101. The van der Waals surface area contributed by atoms with E-state index in [1.54, 1.807) is 0 Å². The van der Waals surface area contributed by atoms with Crippen LogP contribution in [0.15, 0.2) is 0 Å². The summed E-state index contributed by atoms with van der Waals surface area (Å²) in [5.41, 5.74) is 0. The Bertz CT molecular complexity index is 141. The molecule has 0 saturated heterocycles. The summed E-state index contributed by atoms with van der Waals surface area (Å²) in [6, 6.07) is 0. The zero-order valence-corrected chi connectivity index (χ0v) is 8.63. The van der Waals surface area contributed by atoms with E-state index in [-0.39, 0.29) is 18.0 Å². The van der Waals surface area contributed by atoms with E-state index >= 15 is 0 Å². The van der Waals surface area contributed by atoms with Crippen LogP contribution >= 0.6 is 0 Å². The van der Waals surface area contributed by atoms with Crippen LogP contribution in [0.4, 0.5) is 0 Å². The molecular weight excluding hydrogens is 152 g/mol. The van der Waals surface area contributed by atoms with Crippen molar-refractivity contribution in [1.29, 1.82) is 0 Å². The first kappa shape index (κ1) is 11.5. The zero-order chi connectivity index (χ0) is 9.72. The van der Waals surface area contributed by atoms with Crippen molar-refractivity contribution in [2.45, 2.75) is 40.7 Å². The number of esters is 1. The fraction of sp³-hybridized carbons (Fsp3) is 0.800. The third kappa shape index (κ3) is 3.74. The van der Waals surface area contributed by atoms with Crippen LogP contribution in [-0.4, -0.2) is 12.1 Å². The van der Waals surface area contributed by atoms with Crippen LogP contribution in [0.1, 0.15) is 34.6 Å². The highest BCUT2D eigenvalue weighted by molar-refractivity contribution is 5.72. The van der Waals surface area contributed by atoms with Gasteiger partial charge in [-0.25, -0.2) is 0 Å². The normalized spacial score (nSPS) is 15.8. The first-order valence-corrected chi connectivity index (χ1v) is 4.49. The Labute approximate surface area is 75.3 Å². The fourth-order valence-electron chi connectivity index (χ4n) is 0.631. The lowest BCUT2D eigenvalue weighted by Gasteiger charge is -2.17. The summed E-state index contributed by atoms with van der Waals surface area (Å²) >= 11 is 0. The standard InChI is InChI=1S/C10H19O2/c1-6-8(4)12-10(11)9(5)7(2)3/h6-9H,1-5H3/t8-,9+/m0/s1. The van der Waals surface area contributed by atoms with Gasteiger partial charge in [0.05, 0.1) is 5.92 Å². The van der Waals surface area contributed by atoms with Gasteiger partial charge in [0.15, 0.2) is 0 Å². The molecule has 2 heteroatoms. The summed E-state index contributed by atoms with van der Waals surface area (Å²) in [6.07, 6.45) is 1.80. The molecule has 71 valence electrons. The van der Waals surface area contributed by atoms with Gasteiger partial charge in [-0.1, -0.05) is 27.7 Å². The van der Waals surface area contributed by atoms with Crippen molar-refractivity contribution in [3.63, 3.8) is 0 Å². The van der Waals surface area contributed by atoms with E-state index < -0.39 is 0 Å². The predicted octanol–water partition coefficient (Wildman–Crippen LogP) is 2.43. The lowest BCUT2D eigenvalue weighted by molar-refractivity contribution is -0.152. The number of hydrogen-bond donors (Lipinski definition) is 0. The van der Waals surface area contributed by atoms with Crippen molar-refractivity contribution in [1.82, 2.24) is 0 Å². The average molecular weight is 171 g/mol. The molecule has 0 rings (SSSR count). The van der Waals surface area contributed by atoms with Crippen LogP contribution in [0.2, 0.25) is 0 Å². The lowest BCUT2D eigenvalue weighted by Crippen LogP contribution is -2.23. The molecule has 0 fully saturated rings. The van der Waals surface area contributed by atoms with Crippen LogP contribution < -0.4 is 0 Å². The molecule has 2 nitrogen and oxygen atoms in total. The van der Waals surface area contributed by atoms with Crippen molar-refractivity contribution in [2.24, 2.45) is 11.8 Å². The average Bonchev–Trinajstić information content (AvgIpc) is 2.02. The molecule has 2 atom stereocenters. The Kier molecular flexibility index (Phi) is 4.95. The molecule has 1 radical (unpaired) electrons. The first-order valence-electron chi connectivity index (χ1n) is 4.49. The number of ether oxygens (including phenoxy) is 1. The van der Waals surface area contributed by atoms with Gasteiger partial charge in [0.2, 0.25) is 0 Å². The van der Waals surface area contributed by atoms with E-state index in [2.05, 4.69) is 0 Å². The van der Waals surface area contributed by atoms with E-state index in [1.807, 2.05) is 41.0 Å². The third-order valence-corrected chi connectivity index (χ3v) is 2.14. The minimum Gasteiger partial charge on any atom is -0.462 e. The Morgan fingerprint density at radius 2 is 1.75 bits per heavy atom. The quantitative estimate of drug-likeness (QED) is 0.607. The molecule has 0 aromatic heterocycles. The molecule has 0 saturated carbocycles. The third-order valence-electron chi connectivity index (χ3n) is 2.14. The molecule has 0 aliphatic rings. The van der Waals surface area contributed by atoms with Gasteiger partial charge >= 0.3 is 5.97 Å². The SMILES string of the molecule is C[CH][C@H](C)OC(=O)[C@H](C)C(C)C. The summed E-state index contributed by atoms with van der Waals surface area (Å²) in [5.74, 6) is 0.240. The minimum absolute atomic E-state index is 0.00704. The van der Waals surface area contributed by atoms with Gasteiger partial charge in [0.1, 0.15) is 6.10 Å². The van der Waals surface area contributed by atoms with Gasteiger partial charge in [0, 0.05) is 0 Å². The molecule has 0 unspecified atom stereocenters. The molecular formula is C10H19O2. The molecule has 0 amide bonds. The largest absolute Gasteiger partial charge is 0.462 e. The number of hydrogen-bond acceptors (Lipinski definition) is 2. The second kappa shape index (κ2) is 5.18. The molecule has 0 aromatic rings. The monoisotopic (exact) mass is 171 g/mol. The smallest absolute Gasteiger partial charge is 0.309 e. The summed E-state index contributed by atoms with van der Waals surface area (Å²) in [7, 11) is 0. The van der Waals surface area contributed by atoms with Crippen molar-refractivity contribution < 1.29 is 9.53 Å². The summed E-state index contributed by atoms with van der Waals surface area (Å²) in [5, 5.41) is 0. The second-order valence-corrected chi connectivity index (χ2v) is 3.51. The maximum absolute atomic E-state index is 11.3. The van der Waals surface area contributed by atoms with E-state index in [9.17, 15) is 4.79 Å². The van der Waals surface area contributed by atoms with Crippen LogP contribution in [0.5, 0.6) is 0 Å². The Morgan fingerprint density at radius 3 is 2.08 bits per heavy atom. The molecule has 0 aliphatic heterocycles. The molecule has 0 aliphatic carbocycles. The van der Waals surface area contributed by atoms with Crippen molar-refractivity contribution in [3.05, 3.63) is 6.42 Å². The topological polar surface area (TPSA) is 26.3 Å². The number of carbonyl (C=O) groups excluding carboxylic acids is 1. The summed E-state index contributed by atoms with van der Waals surface area (Å²) in [4.78, 5) is 11.3. The highest BCUT2D eigenvalue weighted by Gasteiger charge is 2.19. The lowest BCUT2D eigenvalue weighted by atomic mass is 9.98. The fourth-order valence-corrected chi connectivity index (χ4v) is 0.631. The van der Waals surface area contributed by atoms with Crippen molar-refractivity contribution in [3.8, 4) is 0 Å². The van der Waals surface area contributed by atoms with E-state index in [0.29, 0.717) is 5.92 Å². The molecule has 0 N–H and O–H groups in total.